The van der Waals surface area contributed by atoms with E-state index in [1.54, 1.807) is 7.11 Å². The molecule has 2 aromatic rings. The average molecular weight is 342 g/mol. The predicted octanol–water partition coefficient (Wildman–Crippen LogP) is 5.14. The summed E-state index contributed by atoms with van der Waals surface area (Å²) in [5.41, 5.74) is 4.35. The lowest BCUT2D eigenvalue weighted by Gasteiger charge is -2.34. The van der Waals surface area contributed by atoms with E-state index in [9.17, 15) is 4.79 Å². The molecule has 0 amide bonds. The van der Waals surface area contributed by atoms with Crippen LogP contribution in [0.3, 0.4) is 0 Å². The second-order valence-electron chi connectivity index (χ2n) is 6.28. The van der Waals surface area contributed by atoms with Gasteiger partial charge >= 0.3 is 0 Å². The van der Waals surface area contributed by atoms with Gasteiger partial charge in [0.2, 0.25) is 0 Å². The Morgan fingerprint density at radius 1 is 1.12 bits per heavy atom. The van der Waals surface area contributed by atoms with Gasteiger partial charge in [-0.05, 0) is 43.6 Å². The molecule has 1 unspecified atom stereocenters. The van der Waals surface area contributed by atoms with Crippen LogP contribution in [0.25, 0.3) is 0 Å². The summed E-state index contributed by atoms with van der Waals surface area (Å²) in [4.78, 5) is 11.5. The van der Waals surface area contributed by atoms with E-state index in [-0.39, 0.29) is 5.16 Å². The van der Waals surface area contributed by atoms with Crippen LogP contribution >= 0.6 is 8.58 Å². The monoisotopic (exact) mass is 342 g/mol. The van der Waals surface area contributed by atoms with Crippen LogP contribution in [0.5, 0.6) is 5.75 Å². The number of rotatable bonds is 7. The highest BCUT2D eigenvalue weighted by atomic mass is 31.1. The normalized spacial score (nSPS) is 11.9. The number of methoxy groups -OCH3 is 1. The summed E-state index contributed by atoms with van der Waals surface area (Å²) < 4.78 is 5.73. The highest BCUT2D eigenvalue weighted by Gasteiger charge is 2.33. The third-order valence-electron chi connectivity index (χ3n) is 4.85. The number of aldehydes is 1. The minimum Gasteiger partial charge on any atom is -0.496 e. The van der Waals surface area contributed by atoms with Gasteiger partial charge in [-0.3, -0.25) is 4.79 Å². The molecule has 3 heteroatoms. The third-order valence-corrected chi connectivity index (χ3v) is 7.03. The molecule has 0 fully saturated rings. The molecule has 128 valence electrons. The van der Waals surface area contributed by atoms with Crippen LogP contribution in [0.2, 0.25) is 0 Å². The van der Waals surface area contributed by atoms with Gasteiger partial charge in [0, 0.05) is 16.3 Å². The van der Waals surface area contributed by atoms with Gasteiger partial charge in [-0.1, -0.05) is 58.3 Å². The van der Waals surface area contributed by atoms with Crippen LogP contribution in [0.15, 0.2) is 36.4 Å². The Labute approximate surface area is 147 Å². The first-order chi connectivity index (χ1) is 11.5. The van der Waals surface area contributed by atoms with Crippen LogP contribution in [0, 0.1) is 13.8 Å². The Kier molecular flexibility index (Phi) is 6.18. The molecule has 2 rings (SSSR count). The Hall–Kier alpha value is -1.66. The van der Waals surface area contributed by atoms with Crippen LogP contribution in [-0.2, 0) is 5.16 Å². The number of hydrogen-bond donors (Lipinski definition) is 0. The van der Waals surface area contributed by atoms with Gasteiger partial charge in [-0.25, -0.2) is 0 Å². The highest BCUT2D eigenvalue weighted by Crippen LogP contribution is 2.50. The largest absolute Gasteiger partial charge is 0.496 e. The molecule has 2 aromatic carbocycles. The van der Waals surface area contributed by atoms with Gasteiger partial charge in [-0.2, -0.15) is 0 Å². The molecule has 0 saturated carbocycles. The van der Waals surface area contributed by atoms with E-state index < -0.39 is 0 Å². The molecule has 0 aromatic heterocycles. The molecule has 0 saturated heterocycles. The number of aryl methyl sites for hydroxylation is 2. The van der Waals surface area contributed by atoms with Crippen LogP contribution < -0.4 is 10.0 Å². The Bertz CT molecular complexity index is 718. The predicted molar refractivity (Wildman–Crippen MR) is 105 cm³/mol. The van der Waals surface area contributed by atoms with Crippen molar-refractivity contribution in [3.05, 3.63) is 58.7 Å². The molecule has 0 N–H and O–H groups in total. The van der Waals surface area contributed by atoms with Gasteiger partial charge in [0.15, 0.2) is 6.29 Å². The lowest BCUT2D eigenvalue weighted by atomic mass is 9.90. The summed E-state index contributed by atoms with van der Waals surface area (Å²) in [6.45, 7) is 8.57. The minimum absolute atomic E-state index is 0.00954. The molecule has 0 aliphatic rings. The van der Waals surface area contributed by atoms with Gasteiger partial charge < -0.3 is 4.74 Å². The number of carbonyl (C=O) groups excluding carboxylic acids is 1. The maximum absolute atomic E-state index is 11.5. The van der Waals surface area contributed by atoms with Gasteiger partial charge in [-0.15, -0.1) is 0 Å². The Morgan fingerprint density at radius 2 is 1.83 bits per heavy atom. The maximum Gasteiger partial charge on any atom is 0.150 e. The van der Waals surface area contributed by atoms with E-state index >= 15 is 0 Å². The van der Waals surface area contributed by atoms with Gasteiger partial charge in [0.05, 0.1) is 7.11 Å². The highest BCUT2D eigenvalue weighted by molar-refractivity contribution is 7.48. The molecule has 2 nitrogen and oxygen atoms in total. The van der Waals surface area contributed by atoms with Crippen LogP contribution in [-0.4, -0.2) is 13.4 Å². The number of para-hydroxylation sites is 1. The SMILES string of the molecule is CCC(CC)(Pc1ccc(C)cc1C=O)c1cccc(C)c1OC. The van der Waals surface area contributed by atoms with E-state index in [1.807, 2.05) is 13.0 Å². The van der Waals surface area contributed by atoms with Gasteiger partial charge in [0.25, 0.3) is 0 Å². The Balaban J connectivity index is 2.57. The molecule has 24 heavy (non-hydrogen) atoms. The second kappa shape index (κ2) is 7.94. The van der Waals surface area contributed by atoms with E-state index in [2.05, 4.69) is 51.1 Å². The van der Waals surface area contributed by atoms with Crippen LogP contribution in [0.4, 0.5) is 0 Å². The zero-order valence-corrected chi connectivity index (χ0v) is 16.3. The summed E-state index contributed by atoms with van der Waals surface area (Å²) >= 11 is 0. The van der Waals surface area contributed by atoms with Crippen molar-refractivity contribution in [1.29, 1.82) is 0 Å². The van der Waals surface area contributed by atoms with Crippen LogP contribution in [0.1, 0.15) is 53.7 Å². The molecule has 0 aliphatic carbocycles. The molecular formula is C21H27O2P. The summed E-state index contributed by atoms with van der Waals surface area (Å²) in [5.74, 6) is 0.980. The fraction of sp³-hybridized carbons (Fsp3) is 0.381. The quantitative estimate of drug-likeness (QED) is 0.514. The molecule has 0 heterocycles. The molecular weight excluding hydrogens is 315 g/mol. The standard InChI is InChI=1S/C21H27O2P/c1-6-21(7-2,18-10-8-9-16(4)20(18)23-5)24-19-12-11-15(3)13-17(19)14-22/h8-14,24H,6-7H2,1-5H3. The minimum atomic E-state index is -0.00954. The third kappa shape index (κ3) is 3.54. The fourth-order valence-corrected chi connectivity index (χ4v) is 4.97. The summed E-state index contributed by atoms with van der Waals surface area (Å²) in [7, 11) is 2.27. The number of hydrogen-bond acceptors (Lipinski definition) is 2. The maximum atomic E-state index is 11.5. The second-order valence-corrected chi connectivity index (χ2v) is 8.02. The first-order valence-corrected chi connectivity index (χ1v) is 9.49. The lowest BCUT2D eigenvalue weighted by Crippen LogP contribution is -2.24. The molecule has 0 aliphatic heterocycles. The van der Waals surface area contributed by atoms with Crippen molar-refractivity contribution in [3.63, 3.8) is 0 Å². The van der Waals surface area contributed by atoms with Crippen molar-refractivity contribution >= 4 is 20.2 Å². The first kappa shape index (κ1) is 18.7. The number of ether oxygens (including phenoxy) is 1. The number of benzene rings is 2. The van der Waals surface area contributed by atoms with Crippen molar-refractivity contribution in [1.82, 2.24) is 0 Å². The van der Waals surface area contributed by atoms with Gasteiger partial charge in [0.1, 0.15) is 5.75 Å². The molecule has 1 atom stereocenters. The lowest BCUT2D eigenvalue weighted by molar-refractivity contribution is 0.112. The molecule has 0 radical (unpaired) electrons. The summed E-state index contributed by atoms with van der Waals surface area (Å²) in [5, 5.41) is 1.13. The zero-order chi connectivity index (χ0) is 17.7. The van der Waals surface area contributed by atoms with E-state index in [0.717, 1.165) is 46.9 Å². The van der Waals surface area contributed by atoms with E-state index in [0.29, 0.717) is 8.58 Å². The van der Waals surface area contributed by atoms with Crippen molar-refractivity contribution in [2.24, 2.45) is 0 Å². The first-order valence-electron chi connectivity index (χ1n) is 8.49. The topological polar surface area (TPSA) is 26.3 Å². The summed E-state index contributed by atoms with van der Waals surface area (Å²) in [6.07, 6.45) is 3.00. The smallest absolute Gasteiger partial charge is 0.150 e. The van der Waals surface area contributed by atoms with Crippen molar-refractivity contribution in [3.8, 4) is 5.75 Å². The fourth-order valence-electron chi connectivity index (χ4n) is 3.33. The number of carbonyl (C=O) groups is 1. The molecule has 0 spiro atoms. The van der Waals surface area contributed by atoms with Crippen molar-refractivity contribution in [2.45, 2.75) is 45.7 Å². The molecule has 0 bridgehead atoms. The Morgan fingerprint density at radius 3 is 2.42 bits per heavy atom. The average Bonchev–Trinajstić information content (AvgIpc) is 2.60. The van der Waals surface area contributed by atoms with Crippen molar-refractivity contribution < 1.29 is 9.53 Å². The summed E-state index contributed by atoms with van der Waals surface area (Å²) in [6, 6.07) is 12.6. The van der Waals surface area contributed by atoms with E-state index in [4.69, 9.17) is 4.74 Å². The van der Waals surface area contributed by atoms with E-state index in [1.165, 1.54) is 5.56 Å². The zero-order valence-electron chi connectivity index (χ0n) is 15.3. The van der Waals surface area contributed by atoms with Crippen molar-refractivity contribution in [2.75, 3.05) is 7.11 Å².